The van der Waals surface area contributed by atoms with Gasteiger partial charge in [-0.1, -0.05) is 30.3 Å². The lowest BCUT2D eigenvalue weighted by Crippen LogP contribution is -2.49. The lowest BCUT2D eigenvalue weighted by molar-refractivity contribution is -0.160. The molecule has 1 saturated heterocycles. The molecule has 0 bridgehead atoms. The zero-order valence-electron chi connectivity index (χ0n) is 15.8. The minimum atomic E-state index is -1.26. The molecule has 2 N–H and O–H groups in total. The number of benzene rings is 1. The highest BCUT2D eigenvalue weighted by Crippen LogP contribution is 2.21. The number of nitrogens with zero attached hydrogens (tertiary/aromatic N) is 2. The van der Waals surface area contributed by atoms with Crippen LogP contribution in [0.5, 0.6) is 0 Å². The number of esters is 1. The average molecular weight is 392 g/mol. The molecular weight excluding hydrogens is 368 g/mol. The molecule has 0 saturated carbocycles. The van der Waals surface area contributed by atoms with Gasteiger partial charge in [-0.3, -0.25) is 9.59 Å². The van der Waals surface area contributed by atoms with E-state index in [1.807, 2.05) is 37.4 Å². The molecule has 1 unspecified atom stereocenters. The van der Waals surface area contributed by atoms with Crippen LogP contribution in [-0.2, 0) is 23.9 Å². The third kappa shape index (κ3) is 8.45. The second-order valence-corrected chi connectivity index (χ2v) is 6.04. The summed E-state index contributed by atoms with van der Waals surface area (Å²) in [7, 11) is 2.03. The highest BCUT2D eigenvalue weighted by atomic mass is 16.5. The lowest BCUT2D eigenvalue weighted by Gasteiger charge is -2.34. The largest absolute Gasteiger partial charge is 0.478 e. The zero-order chi connectivity index (χ0) is 21.1. The van der Waals surface area contributed by atoms with E-state index in [2.05, 4.69) is 4.90 Å². The van der Waals surface area contributed by atoms with Gasteiger partial charge in [-0.15, -0.1) is 0 Å². The zero-order valence-corrected chi connectivity index (χ0v) is 15.8. The lowest BCUT2D eigenvalue weighted by atomic mass is 10.1. The van der Waals surface area contributed by atoms with Gasteiger partial charge in [-0.2, -0.15) is 0 Å². The van der Waals surface area contributed by atoms with E-state index < -0.39 is 24.0 Å². The third-order valence-corrected chi connectivity index (χ3v) is 3.79. The highest BCUT2D eigenvalue weighted by molar-refractivity contribution is 5.89. The van der Waals surface area contributed by atoms with Gasteiger partial charge in [-0.25, -0.2) is 9.59 Å². The van der Waals surface area contributed by atoms with Gasteiger partial charge >= 0.3 is 17.9 Å². The Bertz CT molecular complexity index is 694. The Labute approximate surface area is 162 Å². The Morgan fingerprint density at radius 2 is 1.46 bits per heavy atom. The van der Waals surface area contributed by atoms with Crippen molar-refractivity contribution in [2.45, 2.75) is 13.0 Å². The van der Waals surface area contributed by atoms with Crippen molar-refractivity contribution >= 4 is 23.8 Å². The Hall–Kier alpha value is -3.20. The fourth-order valence-electron chi connectivity index (χ4n) is 2.39. The molecule has 1 fully saturated rings. The Balaban J connectivity index is 0.000000416. The molecule has 1 aliphatic heterocycles. The molecule has 0 aromatic heterocycles. The second kappa shape index (κ2) is 11.5. The van der Waals surface area contributed by atoms with Crippen molar-refractivity contribution < 1.29 is 34.1 Å². The summed E-state index contributed by atoms with van der Waals surface area (Å²) in [6.45, 7) is 4.34. The third-order valence-electron chi connectivity index (χ3n) is 3.79. The van der Waals surface area contributed by atoms with Crippen molar-refractivity contribution in [2.24, 2.45) is 0 Å². The topological polar surface area (TPSA) is 124 Å². The van der Waals surface area contributed by atoms with Crippen molar-refractivity contribution in [1.82, 2.24) is 9.80 Å². The molecular formula is C19H24N2O7. The fraction of sp³-hybridized carbons (Fsp3) is 0.368. The maximum absolute atomic E-state index is 12.6. The van der Waals surface area contributed by atoms with E-state index in [1.165, 1.54) is 6.92 Å². The van der Waals surface area contributed by atoms with Crippen LogP contribution in [0.2, 0.25) is 0 Å². The van der Waals surface area contributed by atoms with E-state index in [1.54, 1.807) is 4.90 Å². The molecule has 2 rings (SSSR count). The first-order chi connectivity index (χ1) is 13.2. The maximum Gasteiger partial charge on any atom is 0.328 e. The minimum absolute atomic E-state index is 0.139. The van der Waals surface area contributed by atoms with Gasteiger partial charge in [0.05, 0.1) is 0 Å². The van der Waals surface area contributed by atoms with Crippen LogP contribution in [0.3, 0.4) is 0 Å². The van der Waals surface area contributed by atoms with Gasteiger partial charge in [0, 0.05) is 50.8 Å². The predicted octanol–water partition coefficient (Wildman–Crippen LogP) is 0.777. The van der Waals surface area contributed by atoms with Gasteiger partial charge in [0.15, 0.2) is 0 Å². The van der Waals surface area contributed by atoms with Crippen LogP contribution in [0.25, 0.3) is 0 Å². The molecule has 9 nitrogen and oxygen atoms in total. The first-order valence-electron chi connectivity index (χ1n) is 8.54. The first kappa shape index (κ1) is 22.8. The van der Waals surface area contributed by atoms with Crippen LogP contribution in [0.4, 0.5) is 0 Å². The van der Waals surface area contributed by atoms with Gasteiger partial charge in [-0.05, 0) is 7.05 Å². The van der Waals surface area contributed by atoms with Crippen molar-refractivity contribution in [3.8, 4) is 0 Å². The summed E-state index contributed by atoms with van der Waals surface area (Å²) in [5.74, 6) is -3.10. The smallest absolute Gasteiger partial charge is 0.328 e. The van der Waals surface area contributed by atoms with E-state index in [4.69, 9.17) is 14.9 Å². The van der Waals surface area contributed by atoms with Crippen molar-refractivity contribution in [3.63, 3.8) is 0 Å². The average Bonchev–Trinajstić information content (AvgIpc) is 2.65. The van der Waals surface area contributed by atoms with Crippen LogP contribution < -0.4 is 0 Å². The number of carbonyl (C=O) groups excluding carboxylic acids is 2. The van der Waals surface area contributed by atoms with E-state index >= 15 is 0 Å². The Morgan fingerprint density at radius 1 is 0.964 bits per heavy atom. The summed E-state index contributed by atoms with van der Waals surface area (Å²) < 4.78 is 5.23. The SMILES string of the molecule is CC(=O)OC(C(=O)N1CCN(C)CC1)c1ccccc1.O=C(O)C=CC(=O)O. The summed E-state index contributed by atoms with van der Waals surface area (Å²) in [4.78, 5) is 46.9. The number of carboxylic acid groups (broad SMARTS) is 2. The molecule has 28 heavy (non-hydrogen) atoms. The molecule has 1 atom stereocenters. The summed E-state index contributed by atoms with van der Waals surface area (Å²) in [6.07, 6.45) is 0.280. The number of piperazine rings is 1. The van der Waals surface area contributed by atoms with E-state index in [-0.39, 0.29) is 5.91 Å². The molecule has 1 amide bonds. The highest BCUT2D eigenvalue weighted by Gasteiger charge is 2.30. The molecule has 0 aliphatic carbocycles. The number of amides is 1. The fourth-order valence-corrected chi connectivity index (χ4v) is 2.39. The van der Waals surface area contributed by atoms with Crippen LogP contribution in [0.1, 0.15) is 18.6 Å². The van der Waals surface area contributed by atoms with Crippen LogP contribution in [-0.4, -0.2) is 77.1 Å². The van der Waals surface area contributed by atoms with Crippen molar-refractivity contribution in [1.29, 1.82) is 0 Å². The molecule has 1 aromatic rings. The number of hydrogen-bond acceptors (Lipinski definition) is 6. The summed E-state index contributed by atoms with van der Waals surface area (Å²) in [5.41, 5.74) is 0.714. The van der Waals surface area contributed by atoms with Gasteiger partial charge in [0.2, 0.25) is 6.10 Å². The standard InChI is InChI=1S/C15H20N2O3.C4H4O4/c1-12(18)20-14(13-6-4-3-5-7-13)15(19)17-10-8-16(2)9-11-17;5-3(6)1-2-4(7)8/h3-7,14H,8-11H2,1-2H3;1-2H,(H,5,6)(H,7,8). The molecule has 9 heteroatoms. The number of carbonyl (C=O) groups is 4. The van der Waals surface area contributed by atoms with Crippen molar-refractivity contribution in [3.05, 3.63) is 48.0 Å². The summed E-state index contributed by atoms with van der Waals surface area (Å²) in [6, 6.07) is 9.16. The molecule has 1 aromatic carbocycles. The predicted molar refractivity (Wildman–Crippen MR) is 99.4 cm³/mol. The van der Waals surface area contributed by atoms with E-state index in [0.29, 0.717) is 30.8 Å². The first-order valence-corrected chi connectivity index (χ1v) is 8.54. The quantitative estimate of drug-likeness (QED) is 0.556. The number of hydrogen-bond donors (Lipinski definition) is 2. The number of carboxylic acids is 2. The van der Waals surface area contributed by atoms with Crippen LogP contribution >= 0.6 is 0 Å². The molecule has 0 radical (unpaired) electrons. The van der Waals surface area contributed by atoms with Gasteiger partial charge in [0.1, 0.15) is 0 Å². The van der Waals surface area contributed by atoms with E-state index in [0.717, 1.165) is 13.1 Å². The Kier molecular flexibility index (Phi) is 9.38. The van der Waals surface area contributed by atoms with Crippen LogP contribution in [0.15, 0.2) is 42.5 Å². The summed E-state index contributed by atoms with van der Waals surface area (Å²) >= 11 is 0. The van der Waals surface area contributed by atoms with Crippen molar-refractivity contribution in [2.75, 3.05) is 33.2 Å². The monoisotopic (exact) mass is 392 g/mol. The maximum atomic E-state index is 12.6. The minimum Gasteiger partial charge on any atom is -0.478 e. The number of aliphatic carboxylic acids is 2. The normalized spacial score (nSPS) is 15.3. The van der Waals surface area contributed by atoms with E-state index in [9.17, 15) is 19.2 Å². The Morgan fingerprint density at radius 3 is 1.89 bits per heavy atom. The molecule has 0 spiro atoms. The second-order valence-electron chi connectivity index (χ2n) is 6.04. The molecule has 1 heterocycles. The number of likely N-dealkylation sites (N-methyl/N-ethyl adjacent to an activating group) is 1. The number of rotatable bonds is 5. The van der Waals surface area contributed by atoms with Crippen LogP contribution in [0, 0.1) is 0 Å². The molecule has 1 aliphatic rings. The van der Waals surface area contributed by atoms with Gasteiger partial charge < -0.3 is 24.7 Å². The van der Waals surface area contributed by atoms with Gasteiger partial charge in [0.25, 0.3) is 5.91 Å². The number of ether oxygens (including phenoxy) is 1. The summed E-state index contributed by atoms with van der Waals surface area (Å²) in [5, 5.41) is 15.6. The molecule has 152 valence electrons.